The van der Waals surface area contributed by atoms with Crippen molar-refractivity contribution in [1.29, 1.82) is 0 Å². The van der Waals surface area contributed by atoms with E-state index in [2.05, 4.69) is 0 Å². The maximum absolute atomic E-state index is 11.7. The molecule has 0 radical (unpaired) electrons. The highest BCUT2D eigenvalue weighted by atomic mass is 35.5. The molecular weight excluding hydrogens is 216 g/mol. The van der Waals surface area contributed by atoms with Crippen LogP contribution in [0.15, 0.2) is 0 Å². The summed E-state index contributed by atoms with van der Waals surface area (Å²) in [7, 11) is 1.56. The van der Waals surface area contributed by atoms with Gasteiger partial charge in [0.2, 0.25) is 5.91 Å². The van der Waals surface area contributed by atoms with Gasteiger partial charge in [-0.15, -0.1) is 12.4 Å². The van der Waals surface area contributed by atoms with Gasteiger partial charge in [-0.1, -0.05) is 0 Å². The number of nitrogens with zero attached hydrogens (tertiary/aromatic N) is 1. The van der Waals surface area contributed by atoms with Gasteiger partial charge in [0.05, 0.1) is 6.61 Å². The van der Waals surface area contributed by atoms with Gasteiger partial charge in [0.1, 0.15) is 6.04 Å². The van der Waals surface area contributed by atoms with Crippen LogP contribution < -0.4 is 5.73 Å². The summed E-state index contributed by atoms with van der Waals surface area (Å²) in [6, 6.07) is -0.501. The fourth-order valence-corrected chi connectivity index (χ4v) is 1.47. The maximum atomic E-state index is 11.7. The topological polar surface area (TPSA) is 55.6 Å². The lowest BCUT2D eigenvalue weighted by Crippen LogP contribution is -2.46. The van der Waals surface area contributed by atoms with Crippen LogP contribution in [0.3, 0.4) is 0 Å². The molecule has 1 amide bonds. The molecule has 15 heavy (non-hydrogen) atoms. The van der Waals surface area contributed by atoms with Crippen LogP contribution in [0.1, 0.15) is 19.8 Å². The number of amides is 1. The van der Waals surface area contributed by atoms with Crippen LogP contribution in [0.4, 0.5) is 0 Å². The second kappa shape index (κ2) is 7.04. The number of nitrogens with two attached hydrogens (primary N) is 1. The zero-order valence-electron chi connectivity index (χ0n) is 9.44. The molecule has 1 aliphatic rings. The van der Waals surface area contributed by atoms with E-state index >= 15 is 0 Å². The zero-order valence-corrected chi connectivity index (χ0v) is 10.3. The van der Waals surface area contributed by atoms with Crippen molar-refractivity contribution in [3.05, 3.63) is 0 Å². The third kappa shape index (κ3) is 4.82. The molecule has 0 aromatic rings. The van der Waals surface area contributed by atoms with Crippen molar-refractivity contribution in [3.8, 4) is 0 Å². The number of ether oxygens (including phenoxy) is 1. The molecule has 2 N–H and O–H groups in total. The van der Waals surface area contributed by atoms with Crippen molar-refractivity contribution in [1.82, 2.24) is 4.90 Å². The molecule has 0 aromatic heterocycles. The third-order valence-corrected chi connectivity index (χ3v) is 2.53. The highest BCUT2D eigenvalue weighted by molar-refractivity contribution is 5.85. The van der Waals surface area contributed by atoms with Crippen molar-refractivity contribution in [2.75, 3.05) is 26.8 Å². The fourth-order valence-electron chi connectivity index (χ4n) is 1.47. The second-order valence-electron chi connectivity index (χ2n) is 3.88. The minimum atomic E-state index is -0.501. The van der Waals surface area contributed by atoms with Crippen molar-refractivity contribution in [2.24, 2.45) is 11.7 Å². The molecule has 0 heterocycles. The Kier molecular flexibility index (Phi) is 6.89. The molecule has 0 aliphatic heterocycles. The molecule has 1 rings (SSSR count). The molecule has 0 saturated heterocycles. The van der Waals surface area contributed by atoms with Crippen LogP contribution in [0.2, 0.25) is 0 Å². The summed E-state index contributed by atoms with van der Waals surface area (Å²) >= 11 is 0. The van der Waals surface area contributed by atoms with Gasteiger partial charge < -0.3 is 15.4 Å². The molecule has 0 bridgehead atoms. The largest absolute Gasteiger partial charge is 0.383 e. The number of rotatable bonds is 6. The highest BCUT2D eigenvalue weighted by Gasteiger charge is 2.27. The van der Waals surface area contributed by atoms with E-state index in [1.54, 1.807) is 7.11 Å². The van der Waals surface area contributed by atoms with Gasteiger partial charge in [-0.25, -0.2) is 0 Å². The number of halogens is 1. The second-order valence-corrected chi connectivity index (χ2v) is 3.88. The van der Waals surface area contributed by atoms with Crippen molar-refractivity contribution in [3.63, 3.8) is 0 Å². The molecule has 1 saturated carbocycles. The van der Waals surface area contributed by atoms with Gasteiger partial charge >= 0.3 is 0 Å². The van der Waals surface area contributed by atoms with E-state index in [1.807, 2.05) is 11.8 Å². The Hall–Kier alpha value is -0.320. The predicted molar refractivity (Wildman–Crippen MR) is 62.1 cm³/mol. The SMILES string of the molecule is CCN(CC1CC1)C(=O)C(N)COC.Cl. The molecule has 1 atom stereocenters. The fraction of sp³-hybridized carbons (Fsp3) is 0.900. The lowest BCUT2D eigenvalue weighted by Gasteiger charge is -2.23. The molecule has 1 unspecified atom stereocenters. The van der Waals surface area contributed by atoms with Gasteiger partial charge in [0, 0.05) is 20.2 Å². The average molecular weight is 237 g/mol. The minimum Gasteiger partial charge on any atom is -0.383 e. The van der Waals surface area contributed by atoms with E-state index in [4.69, 9.17) is 10.5 Å². The van der Waals surface area contributed by atoms with E-state index in [1.165, 1.54) is 12.8 Å². The summed E-state index contributed by atoms with van der Waals surface area (Å²) in [5.74, 6) is 0.731. The standard InChI is InChI=1S/C10H20N2O2.ClH/c1-3-12(6-8-4-5-8)10(13)9(11)7-14-2;/h8-9H,3-7,11H2,1-2H3;1H. The molecule has 1 aliphatic carbocycles. The first-order valence-electron chi connectivity index (χ1n) is 5.22. The average Bonchev–Trinajstić information content (AvgIpc) is 2.97. The van der Waals surface area contributed by atoms with E-state index in [9.17, 15) is 4.79 Å². The van der Waals surface area contributed by atoms with Crippen molar-refractivity contribution >= 4 is 18.3 Å². The molecule has 90 valence electrons. The summed E-state index contributed by atoms with van der Waals surface area (Å²) in [5.41, 5.74) is 5.68. The molecule has 0 spiro atoms. The quantitative estimate of drug-likeness (QED) is 0.737. The van der Waals surface area contributed by atoms with Crippen LogP contribution in [-0.2, 0) is 9.53 Å². The van der Waals surface area contributed by atoms with Crippen LogP contribution in [0.5, 0.6) is 0 Å². The highest BCUT2D eigenvalue weighted by Crippen LogP contribution is 2.29. The summed E-state index contributed by atoms with van der Waals surface area (Å²) in [6.45, 7) is 3.90. The Morgan fingerprint density at radius 3 is 2.60 bits per heavy atom. The molecule has 0 aromatic carbocycles. The lowest BCUT2D eigenvalue weighted by atomic mass is 10.2. The van der Waals surface area contributed by atoms with Crippen molar-refractivity contribution < 1.29 is 9.53 Å². The number of hydrogen-bond acceptors (Lipinski definition) is 3. The molecule has 5 heteroatoms. The summed E-state index contributed by atoms with van der Waals surface area (Å²) < 4.78 is 4.87. The number of carbonyl (C=O) groups is 1. The Bertz CT molecular complexity index is 198. The molecular formula is C10H21ClN2O2. The number of hydrogen-bond donors (Lipinski definition) is 1. The Morgan fingerprint density at radius 2 is 2.20 bits per heavy atom. The third-order valence-electron chi connectivity index (χ3n) is 2.53. The van der Waals surface area contributed by atoms with E-state index in [-0.39, 0.29) is 18.3 Å². The summed E-state index contributed by atoms with van der Waals surface area (Å²) in [5, 5.41) is 0. The minimum absolute atomic E-state index is 0. The number of likely N-dealkylation sites (N-methyl/N-ethyl adjacent to an activating group) is 1. The summed E-state index contributed by atoms with van der Waals surface area (Å²) in [6.07, 6.45) is 2.51. The van der Waals surface area contributed by atoms with Gasteiger partial charge in [-0.2, -0.15) is 0 Å². The van der Waals surface area contributed by atoms with E-state index < -0.39 is 6.04 Å². The number of methoxy groups -OCH3 is 1. The Labute approximate surface area is 97.5 Å². The first-order valence-corrected chi connectivity index (χ1v) is 5.22. The van der Waals surface area contributed by atoms with Crippen LogP contribution >= 0.6 is 12.4 Å². The lowest BCUT2D eigenvalue weighted by molar-refractivity contribution is -0.133. The normalized spacial score (nSPS) is 16.7. The van der Waals surface area contributed by atoms with E-state index in [0.29, 0.717) is 12.5 Å². The molecule has 1 fully saturated rings. The smallest absolute Gasteiger partial charge is 0.241 e. The van der Waals surface area contributed by atoms with E-state index in [0.717, 1.165) is 13.1 Å². The van der Waals surface area contributed by atoms with Gasteiger partial charge in [-0.05, 0) is 25.7 Å². The van der Waals surface area contributed by atoms with Crippen LogP contribution in [0, 0.1) is 5.92 Å². The first kappa shape index (κ1) is 14.7. The number of carbonyl (C=O) groups excluding carboxylic acids is 1. The maximum Gasteiger partial charge on any atom is 0.241 e. The van der Waals surface area contributed by atoms with Crippen LogP contribution in [-0.4, -0.2) is 43.7 Å². The zero-order chi connectivity index (χ0) is 10.6. The van der Waals surface area contributed by atoms with Gasteiger partial charge in [-0.3, -0.25) is 4.79 Å². The monoisotopic (exact) mass is 236 g/mol. The van der Waals surface area contributed by atoms with Gasteiger partial charge in [0.25, 0.3) is 0 Å². The van der Waals surface area contributed by atoms with Crippen LogP contribution in [0.25, 0.3) is 0 Å². The van der Waals surface area contributed by atoms with Crippen molar-refractivity contribution in [2.45, 2.75) is 25.8 Å². The molecule has 4 nitrogen and oxygen atoms in total. The summed E-state index contributed by atoms with van der Waals surface area (Å²) in [4.78, 5) is 13.6. The predicted octanol–water partition coefficient (Wildman–Crippen LogP) is 0.640. The van der Waals surface area contributed by atoms with Gasteiger partial charge in [0.15, 0.2) is 0 Å². The Morgan fingerprint density at radius 1 is 1.60 bits per heavy atom. The first-order chi connectivity index (χ1) is 6.69. The Balaban J connectivity index is 0.00000196.